The Labute approximate surface area is 186 Å². The lowest BCUT2D eigenvalue weighted by molar-refractivity contribution is -0.0401. The number of hydrogen-bond donors (Lipinski definition) is 1. The van der Waals surface area contributed by atoms with Gasteiger partial charge in [0.2, 0.25) is 5.71 Å². The maximum absolute atomic E-state index is 12.2. The van der Waals surface area contributed by atoms with Crippen molar-refractivity contribution >= 4 is 28.2 Å². The van der Waals surface area contributed by atoms with Gasteiger partial charge in [-0.05, 0) is 38.3 Å². The van der Waals surface area contributed by atoms with E-state index >= 15 is 0 Å². The molecule has 6 heteroatoms. The molecule has 164 valence electrons. The predicted octanol–water partition coefficient (Wildman–Crippen LogP) is 5.85. The molecule has 0 amide bonds. The van der Waals surface area contributed by atoms with Crippen molar-refractivity contribution in [2.75, 3.05) is 0 Å². The highest BCUT2D eigenvalue weighted by molar-refractivity contribution is 6.13. The molecule has 0 atom stereocenters. The molecule has 0 bridgehead atoms. The van der Waals surface area contributed by atoms with Crippen LogP contribution < -0.4 is 0 Å². The van der Waals surface area contributed by atoms with Crippen LogP contribution in [-0.4, -0.2) is 26.6 Å². The number of ether oxygens (including phenoxy) is 1. The summed E-state index contributed by atoms with van der Waals surface area (Å²) in [6.45, 7) is 8.54. The van der Waals surface area contributed by atoms with E-state index in [1.54, 1.807) is 6.92 Å². The Hall–Kier alpha value is -3.25. The van der Waals surface area contributed by atoms with Crippen LogP contribution in [0.2, 0.25) is 0 Å². The molecule has 1 aliphatic heterocycles. The Morgan fingerprint density at radius 2 is 1.91 bits per heavy atom. The zero-order valence-electron chi connectivity index (χ0n) is 18.8. The Morgan fingerprint density at radius 1 is 1.16 bits per heavy atom. The third-order valence-electron chi connectivity index (χ3n) is 6.21. The number of aromatic carboxylic acids is 1. The van der Waals surface area contributed by atoms with E-state index < -0.39 is 5.97 Å². The number of carboxylic acid groups (broad SMARTS) is 1. The van der Waals surface area contributed by atoms with Crippen molar-refractivity contribution in [3.63, 3.8) is 0 Å². The molecule has 0 saturated heterocycles. The minimum Gasteiger partial charge on any atom is -0.478 e. The Kier molecular flexibility index (Phi) is 4.78. The highest BCUT2D eigenvalue weighted by atomic mass is 16.5. The average molecular weight is 431 g/mol. The number of carboxylic acids is 1. The van der Waals surface area contributed by atoms with Crippen LogP contribution in [0, 0.1) is 6.92 Å². The van der Waals surface area contributed by atoms with Crippen LogP contribution in [0.1, 0.15) is 60.1 Å². The van der Waals surface area contributed by atoms with Gasteiger partial charge in [0, 0.05) is 17.5 Å². The fourth-order valence-corrected chi connectivity index (χ4v) is 4.77. The number of fused-ring (bicyclic) bond motifs is 5. The van der Waals surface area contributed by atoms with Crippen LogP contribution in [0.25, 0.3) is 33.3 Å². The van der Waals surface area contributed by atoms with Gasteiger partial charge in [-0.1, -0.05) is 43.7 Å². The van der Waals surface area contributed by atoms with Crippen LogP contribution in [0.3, 0.4) is 0 Å². The van der Waals surface area contributed by atoms with Crippen molar-refractivity contribution in [2.45, 2.75) is 59.2 Å². The van der Waals surface area contributed by atoms with Crippen molar-refractivity contribution in [1.82, 2.24) is 9.97 Å². The largest absolute Gasteiger partial charge is 0.478 e. The second-order valence-corrected chi connectivity index (χ2v) is 9.07. The van der Waals surface area contributed by atoms with Gasteiger partial charge in [0.15, 0.2) is 5.58 Å². The number of aryl methyl sites for hydroxylation is 2. The predicted molar refractivity (Wildman–Crippen MR) is 123 cm³/mol. The first-order valence-electron chi connectivity index (χ1n) is 11.0. The van der Waals surface area contributed by atoms with Crippen molar-refractivity contribution in [1.29, 1.82) is 0 Å². The number of hydrogen-bond acceptors (Lipinski definition) is 5. The van der Waals surface area contributed by atoms with Gasteiger partial charge in [-0.2, -0.15) is 0 Å². The topological polar surface area (TPSA) is 85.5 Å². The fraction of sp³-hybridized carbons (Fsp3) is 0.346. The molecule has 4 heterocycles. The summed E-state index contributed by atoms with van der Waals surface area (Å²) in [6, 6.07) is 9.49. The molecule has 1 aromatic carbocycles. The second kappa shape index (κ2) is 7.41. The van der Waals surface area contributed by atoms with Gasteiger partial charge < -0.3 is 14.3 Å². The molecule has 0 fully saturated rings. The van der Waals surface area contributed by atoms with Crippen LogP contribution in [0.5, 0.6) is 0 Å². The summed E-state index contributed by atoms with van der Waals surface area (Å²) in [7, 11) is 0. The molecule has 0 aliphatic carbocycles. The maximum Gasteiger partial charge on any atom is 0.338 e. The minimum atomic E-state index is -1.02. The van der Waals surface area contributed by atoms with Crippen molar-refractivity contribution < 1.29 is 19.1 Å². The average Bonchev–Trinajstić information content (AvgIpc) is 3.10. The molecular weight excluding hydrogens is 404 g/mol. The second-order valence-electron chi connectivity index (χ2n) is 9.07. The summed E-state index contributed by atoms with van der Waals surface area (Å²) in [4.78, 5) is 21.8. The van der Waals surface area contributed by atoms with Crippen LogP contribution in [-0.2, 0) is 24.2 Å². The van der Waals surface area contributed by atoms with E-state index in [4.69, 9.17) is 19.1 Å². The van der Waals surface area contributed by atoms with Gasteiger partial charge in [-0.15, -0.1) is 0 Å². The zero-order chi connectivity index (χ0) is 22.6. The molecule has 6 nitrogen and oxygen atoms in total. The number of furan rings is 1. The van der Waals surface area contributed by atoms with Gasteiger partial charge >= 0.3 is 5.97 Å². The minimum absolute atomic E-state index is 0.161. The van der Waals surface area contributed by atoms with Crippen molar-refractivity contribution in [2.24, 2.45) is 0 Å². The molecule has 0 unspecified atom stereocenters. The molecule has 3 aromatic heterocycles. The summed E-state index contributed by atoms with van der Waals surface area (Å²) in [5.74, 6) is -1.02. The zero-order valence-corrected chi connectivity index (χ0v) is 18.8. The summed E-state index contributed by atoms with van der Waals surface area (Å²) in [6.07, 6.45) is 2.51. The number of aromatic nitrogens is 2. The highest BCUT2D eigenvalue weighted by Gasteiger charge is 2.33. The van der Waals surface area contributed by atoms with E-state index in [1.807, 2.05) is 30.3 Å². The van der Waals surface area contributed by atoms with E-state index in [1.165, 1.54) is 0 Å². The molecule has 0 radical (unpaired) electrons. The number of nitrogens with zero attached hydrogens (tertiary/aromatic N) is 2. The molecule has 32 heavy (non-hydrogen) atoms. The van der Waals surface area contributed by atoms with E-state index in [0.717, 1.165) is 47.0 Å². The maximum atomic E-state index is 12.2. The molecule has 5 rings (SSSR count). The van der Waals surface area contributed by atoms with Gasteiger partial charge in [-0.3, -0.25) is 0 Å². The molecule has 4 aromatic rings. The summed E-state index contributed by atoms with van der Waals surface area (Å²) in [5, 5.41) is 10.9. The van der Waals surface area contributed by atoms with E-state index in [2.05, 4.69) is 20.8 Å². The number of benzene rings is 1. The van der Waals surface area contributed by atoms with E-state index in [-0.39, 0.29) is 11.2 Å². The lowest BCUT2D eigenvalue weighted by atomic mass is 9.88. The first kappa shape index (κ1) is 20.6. The lowest BCUT2D eigenvalue weighted by Gasteiger charge is -2.33. The Balaban J connectivity index is 1.94. The molecule has 0 spiro atoms. The molecule has 1 N–H and O–H groups in total. The van der Waals surface area contributed by atoms with Gasteiger partial charge in [-0.25, -0.2) is 14.8 Å². The number of carbonyl (C=O) groups is 1. The summed E-state index contributed by atoms with van der Waals surface area (Å²) >= 11 is 0. The quantitative estimate of drug-likeness (QED) is 0.437. The van der Waals surface area contributed by atoms with Crippen LogP contribution in [0.15, 0.2) is 34.7 Å². The van der Waals surface area contributed by atoms with Gasteiger partial charge in [0.1, 0.15) is 5.52 Å². The van der Waals surface area contributed by atoms with Crippen molar-refractivity contribution in [3.8, 4) is 11.1 Å². The van der Waals surface area contributed by atoms with Gasteiger partial charge in [0.05, 0.1) is 34.5 Å². The third kappa shape index (κ3) is 3.17. The fourth-order valence-electron chi connectivity index (χ4n) is 4.77. The lowest BCUT2D eigenvalue weighted by Crippen LogP contribution is -2.32. The van der Waals surface area contributed by atoms with E-state index in [0.29, 0.717) is 34.7 Å². The first-order valence-corrected chi connectivity index (χ1v) is 11.0. The third-order valence-corrected chi connectivity index (χ3v) is 6.21. The Morgan fingerprint density at radius 3 is 2.59 bits per heavy atom. The molecule has 0 saturated carbocycles. The van der Waals surface area contributed by atoms with E-state index in [9.17, 15) is 9.90 Å². The Bertz CT molecular complexity index is 1370. The smallest absolute Gasteiger partial charge is 0.338 e. The number of pyridine rings is 2. The van der Waals surface area contributed by atoms with Crippen LogP contribution in [0.4, 0.5) is 0 Å². The molecule has 1 aliphatic rings. The molecular formula is C26H26N2O4. The summed E-state index contributed by atoms with van der Waals surface area (Å²) < 4.78 is 12.4. The normalized spacial score (nSPS) is 15.2. The number of rotatable bonds is 4. The van der Waals surface area contributed by atoms with Gasteiger partial charge in [0.25, 0.3) is 0 Å². The summed E-state index contributed by atoms with van der Waals surface area (Å²) in [5.41, 5.74) is 6.57. The van der Waals surface area contributed by atoms with Crippen LogP contribution >= 0.6 is 0 Å². The monoisotopic (exact) mass is 430 g/mol. The highest BCUT2D eigenvalue weighted by Crippen LogP contribution is 2.42. The van der Waals surface area contributed by atoms with Crippen molar-refractivity contribution in [3.05, 3.63) is 58.4 Å². The standard InChI is InChI=1S/C26H26N2O4/c1-5-9-18-17-13-31-26(3,4)12-16(17)21-22-23(32-24(21)28-18)20(15-10-7-6-8-11-15)19(25(29)30)14(2)27-22/h6-8,10-11H,5,9,12-13H2,1-4H3,(H,29,30). The SMILES string of the molecule is CCCc1nc2oc3c(-c4ccccc4)c(C(=O)O)c(C)nc3c2c2c1COC(C)(C)C2. The first-order chi connectivity index (χ1) is 15.3.